The van der Waals surface area contributed by atoms with E-state index in [-0.39, 0.29) is 24.5 Å². The van der Waals surface area contributed by atoms with Crippen LogP contribution >= 0.6 is 11.3 Å². The molecule has 10 nitrogen and oxygen atoms in total. The first-order valence-electron chi connectivity index (χ1n) is 13.5. The lowest BCUT2D eigenvalue weighted by Crippen LogP contribution is -2.40. The molecule has 0 aliphatic carbocycles. The number of ether oxygens (including phenoxy) is 4. The number of hydrogen-bond acceptors (Lipinski definition) is 9. The van der Waals surface area contributed by atoms with E-state index in [1.165, 1.54) is 23.0 Å². The number of thiazole rings is 1. The lowest BCUT2D eigenvalue weighted by molar-refractivity contribution is -0.141. The molecule has 0 amide bonds. The Labute approximate surface area is 247 Å². The van der Waals surface area contributed by atoms with Gasteiger partial charge in [-0.3, -0.25) is 9.36 Å². The maximum Gasteiger partial charge on any atom is 0.341 e. The molecule has 222 valence electrons. The molecule has 0 fully saturated rings. The number of benzene rings is 2. The summed E-state index contributed by atoms with van der Waals surface area (Å²) in [5, 5.41) is 8.97. The Bertz CT molecular complexity index is 1670. The summed E-state index contributed by atoms with van der Waals surface area (Å²) in [6.07, 6.45) is 1.71. The summed E-state index contributed by atoms with van der Waals surface area (Å²) in [5.74, 6) is -0.693. The molecule has 0 saturated carbocycles. The van der Waals surface area contributed by atoms with Gasteiger partial charge in [-0.05, 0) is 54.7 Å². The van der Waals surface area contributed by atoms with Gasteiger partial charge in [0.05, 0.1) is 35.1 Å². The number of carbonyl (C=O) groups is 2. The van der Waals surface area contributed by atoms with E-state index in [9.17, 15) is 14.4 Å². The van der Waals surface area contributed by atoms with Crippen LogP contribution in [0.1, 0.15) is 56.3 Å². The predicted molar refractivity (Wildman–Crippen MR) is 158 cm³/mol. The van der Waals surface area contributed by atoms with Crippen molar-refractivity contribution in [2.45, 2.75) is 39.7 Å². The molecule has 2 aromatic carbocycles. The van der Waals surface area contributed by atoms with Crippen molar-refractivity contribution in [1.29, 1.82) is 0 Å². The van der Waals surface area contributed by atoms with Crippen LogP contribution in [0.15, 0.2) is 63.5 Å². The molecule has 1 unspecified atom stereocenters. The number of methoxy groups -OCH3 is 1. The van der Waals surface area contributed by atoms with Gasteiger partial charge in [0.2, 0.25) is 0 Å². The van der Waals surface area contributed by atoms with Gasteiger partial charge in [-0.1, -0.05) is 55.5 Å². The molecule has 11 heteroatoms. The molecule has 1 atom stereocenters. The summed E-state index contributed by atoms with van der Waals surface area (Å²) in [7, 11) is 1.52. The molecule has 1 N–H and O–H groups in total. The molecule has 1 aromatic heterocycles. The Hall–Kier alpha value is -4.22. The first-order chi connectivity index (χ1) is 20.1. The largest absolute Gasteiger partial charge is 0.490 e. The third kappa shape index (κ3) is 6.80. The summed E-state index contributed by atoms with van der Waals surface area (Å²) in [5.41, 5.74) is 3.01. The minimum atomic E-state index is -1.10. The van der Waals surface area contributed by atoms with E-state index in [2.05, 4.69) is 18.8 Å². The van der Waals surface area contributed by atoms with Crippen LogP contribution in [0.2, 0.25) is 0 Å². The van der Waals surface area contributed by atoms with Crippen molar-refractivity contribution in [1.82, 2.24) is 4.57 Å². The van der Waals surface area contributed by atoms with Crippen molar-refractivity contribution in [3.05, 3.63) is 90.1 Å². The van der Waals surface area contributed by atoms with Gasteiger partial charge in [0.1, 0.15) is 6.61 Å². The highest BCUT2D eigenvalue weighted by Gasteiger charge is 2.33. The van der Waals surface area contributed by atoms with E-state index in [0.717, 1.165) is 11.1 Å². The zero-order chi connectivity index (χ0) is 30.4. The number of fused-ring (bicyclic) bond motifs is 1. The third-order valence-electron chi connectivity index (χ3n) is 6.60. The van der Waals surface area contributed by atoms with Crippen LogP contribution < -0.4 is 24.4 Å². The molecule has 0 radical (unpaired) electrons. The smallest absolute Gasteiger partial charge is 0.341 e. The Morgan fingerprint density at radius 2 is 1.83 bits per heavy atom. The summed E-state index contributed by atoms with van der Waals surface area (Å²) in [4.78, 5) is 43.3. The fourth-order valence-corrected chi connectivity index (χ4v) is 5.60. The monoisotopic (exact) mass is 594 g/mol. The number of carboxylic acids is 1. The highest BCUT2D eigenvalue weighted by Crippen LogP contribution is 2.32. The average Bonchev–Trinajstić information content (AvgIpc) is 3.25. The fraction of sp³-hybridized carbons (Fsp3) is 0.355. The van der Waals surface area contributed by atoms with Crippen LogP contribution in [-0.2, 0) is 19.1 Å². The second kappa shape index (κ2) is 13.6. The van der Waals surface area contributed by atoms with E-state index in [0.29, 0.717) is 44.4 Å². The molecule has 0 bridgehead atoms. The van der Waals surface area contributed by atoms with Gasteiger partial charge < -0.3 is 24.1 Å². The second-order valence-corrected chi connectivity index (χ2v) is 10.9. The van der Waals surface area contributed by atoms with Gasteiger partial charge in [0.15, 0.2) is 22.9 Å². The van der Waals surface area contributed by atoms with E-state index < -0.39 is 24.6 Å². The summed E-state index contributed by atoms with van der Waals surface area (Å²) in [6.45, 7) is 7.90. The maximum absolute atomic E-state index is 13.9. The second-order valence-electron chi connectivity index (χ2n) is 9.85. The van der Waals surface area contributed by atoms with Gasteiger partial charge in [-0.25, -0.2) is 14.6 Å². The minimum Gasteiger partial charge on any atom is -0.490 e. The van der Waals surface area contributed by atoms with Crippen LogP contribution in [0.25, 0.3) is 6.08 Å². The van der Waals surface area contributed by atoms with Gasteiger partial charge in [0.25, 0.3) is 5.56 Å². The van der Waals surface area contributed by atoms with E-state index in [1.807, 2.05) is 24.3 Å². The zero-order valence-electron chi connectivity index (χ0n) is 24.2. The molecule has 0 spiro atoms. The quantitative estimate of drug-likeness (QED) is 0.250. The summed E-state index contributed by atoms with van der Waals surface area (Å²) < 4.78 is 23.4. The van der Waals surface area contributed by atoms with Crippen LogP contribution in [-0.4, -0.2) is 55.1 Å². The van der Waals surface area contributed by atoms with Gasteiger partial charge in [-0.15, -0.1) is 0 Å². The highest BCUT2D eigenvalue weighted by molar-refractivity contribution is 7.07. The summed E-state index contributed by atoms with van der Waals surface area (Å²) >= 11 is 1.21. The Kier molecular flexibility index (Phi) is 9.97. The SMILES string of the molecule is CCOc1cc(C=c2sc3n(c2=O)C(c2ccc(C(C)C)cc2)C(C(=O)OCCOC)=C(C)N=3)ccc1OCC(=O)O. The van der Waals surface area contributed by atoms with Crippen LogP contribution in [0.5, 0.6) is 11.5 Å². The van der Waals surface area contributed by atoms with Crippen LogP contribution in [0.3, 0.4) is 0 Å². The third-order valence-corrected chi connectivity index (χ3v) is 7.58. The number of carbonyl (C=O) groups excluding carboxylic acids is 1. The average molecular weight is 595 g/mol. The van der Waals surface area contributed by atoms with Crippen LogP contribution in [0, 0.1) is 0 Å². The number of rotatable bonds is 12. The first kappa shape index (κ1) is 30.7. The zero-order valence-corrected chi connectivity index (χ0v) is 25.0. The highest BCUT2D eigenvalue weighted by atomic mass is 32.1. The standard InChI is InChI=1S/C31H34N2O8S/c1-6-39-24-15-20(7-12-23(24)41-17-26(34)35)16-25-29(36)33-28(22-10-8-21(9-11-22)18(2)3)27(19(4)32-31(33)42-25)30(37)40-14-13-38-5/h7-12,15-16,18,28H,6,13-14,17H2,1-5H3,(H,34,35). The number of allylic oxidation sites excluding steroid dienone is 1. The topological polar surface area (TPSA) is 126 Å². The van der Waals surface area contributed by atoms with Crippen molar-refractivity contribution < 1.29 is 33.6 Å². The maximum atomic E-state index is 13.9. The number of nitrogens with zero attached hydrogens (tertiary/aromatic N) is 2. The van der Waals surface area contributed by atoms with Gasteiger partial charge >= 0.3 is 11.9 Å². The van der Waals surface area contributed by atoms with E-state index >= 15 is 0 Å². The number of aromatic nitrogens is 1. The fourth-order valence-electron chi connectivity index (χ4n) is 4.55. The Balaban J connectivity index is 1.82. The molecule has 3 aromatic rings. The molecular weight excluding hydrogens is 560 g/mol. The van der Waals surface area contributed by atoms with E-state index in [1.54, 1.807) is 38.1 Å². The van der Waals surface area contributed by atoms with Crippen molar-refractivity contribution >= 4 is 29.4 Å². The van der Waals surface area contributed by atoms with Gasteiger partial charge in [0, 0.05) is 7.11 Å². The molecular formula is C31H34N2O8S. The molecule has 2 heterocycles. The number of hydrogen-bond donors (Lipinski definition) is 1. The molecule has 4 rings (SSSR count). The molecule has 0 saturated heterocycles. The van der Waals surface area contributed by atoms with Crippen molar-refractivity contribution in [2.75, 3.05) is 33.5 Å². The first-order valence-corrected chi connectivity index (χ1v) is 14.4. The number of aliphatic carboxylic acids is 1. The lowest BCUT2D eigenvalue weighted by Gasteiger charge is -2.25. The molecule has 1 aliphatic heterocycles. The molecule has 42 heavy (non-hydrogen) atoms. The van der Waals surface area contributed by atoms with Crippen molar-refractivity contribution in [3.8, 4) is 11.5 Å². The molecule has 1 aliphatic rings. The number of carboxylic acid groups (broad SMARTS) is 1. The normalized spacial score (nSPS) is 14.9. The van der Waals surface area contributed by atoms with Crippen LogP contribution in [0.4, 0.5) is 0 Å². The minimum absolute atomic E-state index is 0.0733. The predicted octanol–water partition coefficient (Wildman–Crippen LogP) is 3.41. The van der Waals surface area contributed by atoms with E-state index in [4.69, 9.17) is 24.1 Å². The Morgan fingerprint density at radius 1 is 1.10 bits per heavy atom. The summed E-state index contributed by atoms with van der Waals surface area (Å²) in [6, 6.07) is 12.1. The lowest BCUT2D eigenvalue weighted by atomic mass is 9.93. The Morgan fingerprint density at radius 3 is 2.48 bits per heavy atom. The number of esters is 1. The van der Waals surface area contributed by atoms with Crippen molar-refractivity contribution in [3.63, 3.8) is 0 Å². The van der Waals surface area contributed by atoms with Gasteiger partial charge in [-0.2, -0.15) is 0 Å². The van der Waals surface area contributed by atoms with Crippen molar-refractivity contribution in [2.24, 2.45) is 4.99 Å².